The fourth-order valence-electron chi connectivity index (χ4n) is 1.61. The molecule has 2 atom stereocenters. The fraction of sp³-hybridized carbons (Fsp3) is 0.938. The van der Waals surface area contributed by atoms with Crippen LogP contribution in [0, 0.1) is 0 Å². The lowest BCUT2D eigenvalue weighted by Gasteiger charge is -2.14. The van der Waals surface area contributed by atoms with E-state index in [1.54, 1.807) is 11.8 Å². The summed E-state index contributed by atoms with van der Waals surface area (Å²) in [6, 6.07) is 0. The first-order valence-corrected chi connectivity index (χ1v) is 9.26. The van der Waals surface area contributed by atoms with Gasteiger partial charge in [-0.1, -0.05) is 26.7 Å². The molecule has 0 aliphatic heterocycles. The van der Waals surface area contributed by atoms with Crippen LogP contribution in [0.15, 0.2) is 0 Å². The summed E-state index contributed by atoms with van der Waals surface area (Å²) >= 11 is 1.55. The standard InChI is InChI=1S/C16H33NO3S/c1-5-7-11-19-14(3)9-10-17-16(18)13-21-15(4)20-12-8-6-2/h14-15H,5-13H2,1-4H3,(H,17,18). The summed E-state index contributed by atoms with van der Waals surface area (Å²) in [7, 11) is 0. The van der Waals surface area contributed by atoms with Gasteiger partial charge in [-0.05, 0) is 33.1 Å². The number of amides is 1. The lowest BCUT2D eigenvalue weighted by atomic mass is 10.3. The molecule has 0 aliphatic rings. The van der Waals surface area contributed by atoms with E-state index in [0.717, 1.165) is 45.3 Å². The molecule has 1 amide bonds. The molecule has 0 aromatic heterocycles. The summed E-state index contributed by atoms with van der Waals surface area (Å²) in [4.78, 5) is 11.7. The van der Waals surface area contributed by atoms with E-state index in [4.69, 9.17) is 9.47 Å². The number of thioether (sulfide) groups is 1. The molecule has 0 saturated heterocycles. The van der Waals surface area contributed by atoms with E-state index >= 15 is 0 Å². The Hall–Kier alpha value is -0.260. The maximum Gasteiger partial charge on any atom is 0.230 e. The number of ether oxygens (including phenoxy) is 2. The first-order chi connectivity index (χ1) is 10.1. The van der Waals surface area contributed by atoms with Gasteiger partial charge in [-0.2, -0.15) is 0 Å². The van der Waals surface area contributed by atoms with Gasteiger partial charge in [0.1, 0.15) is 5.44 Å². The van der Waals surface area contributed by atoms with Crippen LogP contribution in [0.5, 0.6) is 0 Å². The number of hydrogen-bond donors (Lipinski definition) is 1. The Bertz CT molecular complexity index is 252. The summed E-state index contributed by atoms with van der Waals surface area (Å²) in [6.45, 7) is 10.6. The molecule has 126 valence electrons. The van der Waals surface area contributed by atoms with Crippen molar-refractivity contribution in [2.75, 3.05) is 25.5 Å². The third-order valence-corrected chi connectivity index (χ3v) is 4.11. The van der Waals surface area contributed by atoms with Crippen molar-refractivity contribution in [1.82, 2.24) is 5.32 Å². The van der Waals surface area contributed by atoms with E-state index < -0.39 is 0 Å². The van der Waals surface area contributed by atoms with Crippen molar-refractivity contribution in [2.45, 2.75) is 71.3 Å². The molecule has 0 rings (SSSR count). The molecule has 4 nitrogen and oxygen atoms in total. The van der Waals surface area contributed by atoms with Crippen LogP contribution in [0.25, 0.3) is 0 Å². The Morgan fingerprint density at radius 2 is 1.71 bits per heavy atom. The molecule has 2 unspecified atom stereocenters. The smallest absolute Gasteiger partial charge is 0.230 e. The number of nitrogens with one attached hydrogen (secondary N) is 1. The van der Waals surface area contributed by atoms with Crippen molar-refractivity contribution in [3.63, 3.8) is 0 Å². The zero-order chi connectivity index (χ0) is 15.9. The second kappa shape index (κ2) is 14.7. The normalized spacial score (nSPS) is 13.9. The van der Waals surface area contributed by atoms with E-state index in [-0.39, 0.29) is 17.4 Å². The summed E-state index contributed by atoms with van der Waals surface area (Å²) in [5.41, 5.74) is 0.0820. The highest BCUT2D eigenvalue weighted by atomic mass is 32.2. The molecule has 0 saturated carbocycles. The van der Waals surface area contributed by atoms with Crippen molar-refractivity contribution in [2.24, 2.45) is 0 Å². The van der Waals surface area contributed by atoms with Crippen LogP contribution in [-0.2, 0) is 14.3 Å². The van der Waals surface area contributed by atoms with Gasteiger partial charge in [-0.15, -0.1) is 11.8 Å². The first-order valence-electron chi connectivity index (χ1n) is 8.21. The van der Waals surface area contributed by atoms with Gasteiger partial charge in [0.2, 0.25) is 5.91 Å². The molecule has 0 bridgehead atoms. The van der Waals surface area contributed by atoms with Gasteiger partial charge in [0.15, 0.2) is 0 Å². The number of carbonyl (C=O) groups is 1. The highest BCUT2D eigenvalue weighted by Gasteiger charge is 2.08. The Balaban J connectivity index is 3.48. The molecular weight excluding hydrogens is 286 g/mol. The van der Waals surface area contributed by atoms with Crippen molar-refractivity contribution in [3.8, 4) is 0 Å². The van der Waals surface area contributed by atoms with Gasteiger partial charge < -0.3 is 14.8 Å². The zero-order valence-electron chi connectivity index (χ0n) is 14.2. The van der Waals surface area contributed by atoms with Gasteiger partial charge in [0, 0.05) is 19.8 Å². The molecule has 0 fully saturated rings. The Kier molecular flexibility index (Phi) is 14.5. The topological polar surface area (TPSA) is 47.6 Å². The monoisotopic (exact) mass is 319 g/mol. The van der Waals surface area contributed by atoms with Gasteiger partial charge in [-0.25, -0.2) is 0 Å². The number of carbonyl (C=O) groups excluding carboxylic acids is 1. The predicted octanol–water partition coefficient (Wildman–Crippen LogP) is 3.59. The van der Waals surface area contributed by atoms with Crippen molar-refractivity contribution in [1.29, 1.82) is 0 Å². The number of hydrogen-bond acceptors (Lipinski definition) is 4. The minimum Gasteiger partial charge on any atom is -0.378 e. The summed E-state index contributed by atoms with van der Waals surface area (Å²) in [6.07, 6.45) is 5.54. The van der Waals surface area contributed by atoms with Crippen LogP contribution in [0.1, 0.15) is 59.8 Å². The maximum absolute atomic E-state index is 11.7. The van der Waals surface area contributed by atoms with Crippen LogP contribution in [0.3, 0.4) is 0 Å². The Labute approximate surface area is 134 Å². The largest absolute Gasteiger partial charge is 0.378 e. The molecule has 0 heterocycles. The highest BCUT2D eigenvalue weighted by Crippen LogP contribution is 2.11. The fourth-order valence-corrected chi connectivity index (χ4v) is 2.29. The van der Waals surface area contributed by atoms with Crippen LogP contribution in [-0.4, -0.2) is 43.0 Å². The van der Waals surface area contributed by atoms with E-state index in [9.17, 15) is 4.79 Å². The maximum atomic E-state index is 11.7. The average molecular weight is 320 g/mol. The molecule has 5 heteroatoms. The van der Waals surface area contributed by atoms with Crippen molar-refractivity contribution < 1.29 is 14.3 Å². The molecule has 0 aromatic carbocycles. The van der Waals surface area contributed by atoms with Crippen molar-refractivity contribution in [3.05, 3.63) is 0 Å². The third kappa shape index (κ3) is 14.4. The van der Waals surface area contributed by atoms with Crippen LogP contribution in [0.2, 0.25) is 0 Å². The van der Waals surface area contributed by atoms with Crippen LogP contribution >= 0.6 is 11.8 Å². The van der Waals surface area contributed by atoms with Gasteiger partial charge in [-0.3, -0.25) is 4.79 Å². The average Bonchev–Trinajstić information content (AvgIpc) is 2.46. The van der Waals surface area contributed by atoms with Gasteiger partial charge in [0.25, 0.3) is 0 Å². The van der Waals surface area contributed by atoms with Gasteiger partial charge >= 0.3 is 0 Å². The SMILES string of the molecule is CCCCOC(C)CCNC(=O)CSC(C)OCCCC. The summed E-state index contributed by atoms with van der Waals surface area (Å²) in [5.74, 6) is 0.532. The lowest BCUT2D eigenvalue weighted by Crippen LogP contribution is -2.29. The molecule has 0 radical (unpaired) electrons. The van der Waals surface area contributed by atoms with Crippen LogP contribution < -0.4 is 5.32 Å². The molecule has 0 aliphatic carbocycles. The molecular formula is C16H33NO3S. The molecule has 0 aromatic rings. The third-order valence-electron chi connectivity index (χ3n) is 3.07. The second-order valence-corrected chi connectivity index (χ2v) is 6.56. The number of unbranched alkanes of at least 4 members (excludes halogenated alkanes) is 2. The van der Waals surface area contributed by atoms with E-state index in [2.05, 4.69) is 26.1 Å². The van der Waals surface area contributed by atoms with E-state index in [0.29, 0.717) is 12.3 Å². The summed E-state index contributed by atoms with van der Waals surface area (Å²) in [5, 5.41) is 2.93. The quantitative estimate of drug-likeness (QED) is 0.392. The van der Waals surface area contributed by atoms with Gasteiger partial charge in [0.05, 0.1) is 11.9 Å². The zero-order valence-corrected chi connectivity index (χ0v) is 15.0. The number of rotatable bonds is 14. The molecule has 0 spiro atoms. The molecule has 21 heavy (non-hydrogen) atoms. The van der Waals surface area contributed by atoms with Crippen LogP contribution in [0.4, 0.5) is 0 Å². The minimum atomic E-state index is 0.0756. The van der Waals surface area contributed by atoms with E-state index in [1.165, 1.54) is 0 Å². The predicted molar refractivity (Wildman–Crippen MR) is 90.7 cm³/mol. The Morgan fingerprint density at radius 3 is 2.33 bits per heavy atom. The highest BCUT2D eigenvalue weighted by molar-refractivity contribution is 8.00. The Morgan fingerprint density at radius 1 is 1.10 bits per heavy atom. The second-order valence-electron chi connectivity index (χ2n) is 5.28. The minimum absolute atomic E-state index is 0.0756. The first kappa shape index (κ1) is 20.7. The lowest BCUT2D eigenvalue weighted by molar-refractivity contribution is -0.118. The summed E-state index contributed by atoms with van der Waals surface area (Å²) < 4.78 is 11.2. The molecule has 1 N–H and O–H groups in total. The van der Waals surface area contributed by atoms with Crippen molar-refractivity contribution >= 4 is 17.7 Å². The van der Waals surface area contributed by atoms with E-state index in [1.807, 2.05) is 6.92 Å².